The van der Waals surface area contributed by atoms with E-state index in [1.807, 2.05) is 0 Å². The molecule has 92 valence electrons. The van der Waals surface area contributed by atoms with Gasteiger partial charge in [0.25, 0.3) is 0 Å². The van der Waals surface area contributed by atoms with Crippen molar-refractivity contribution in [3.63, 3.8) is 0 Å². The van der Waals surface area contributed by atoms with Crippen molar-refractivity contribution in [2.45, 2.75) is 0 Å². The highest BCUT2D eigenvalue weighted by Crippen LogP contribution is 2.31. The zero-order valence-electron chi connectivity index (χ0n) is 9.24. The van der Waals surface area contributed by atoms with Gasteiger partial charge in [-0.2, -0.15) is 0 Å². The number of aromatic nitrogens is 3. The molecule has 1 aliphatic heterocycles. The van der Waals surface area contributed by atoms with Gasteiger partial charge < -0.3 is 14.6 Å². The fraction of sp³-hybridized carbons (Fsp3) is 0.182. The molecule has 0 saturated heterocycles. The number of aromatic carboxylic acids is 1. The Kier molecular flexibility index (Phi) is 2.36. The van der Waals surface area contributed by atoms with Crippen LogP contribution >= 0.6 is 0 Å². The van der Waals surface area contributed by atoms with E-state index in [1.165, 1.54) is 10.9 Å². The highest BCUT2D eigenvalue weighted by atomic mass is 16.6. The van der Waals surface area contributed by atoms with Gasteiger partial charge in [-0.1, -0.05) is 5.21 Å². The van der Waals surface area contributed by atoms with Crippen LogP contribution in [0.3, 0.4) is 0 Å². The summed E-state index contributed by atoms with van der Waals surface area (Å²) in [5.41, 5.74) is 0.559. The molecule has 7 heteroatoms. The molecule has 1 N–H and O–H groups in total. The second-order valence-electron chi connectivity index (χ2n) is 3.68. The van der Waals surface area contributed by atoms with Crippen molar-refractivity contribution >= 4 is 5.97 Å². The van der Waals surface area contributed by atoms with Crippen molar-refractivity contribution < 1.29 is 19.4 Å². The molecule has 0 atom stereocenters. The summed E-state index contributed by atoms with van der Waals surface area (Å²) < 4.78 is 12.2. The molecule has 0 fully saturated rings. The zero-order valence-corrected chi connectivity index (χ0v) is 9.24. The Bertz CT molecular complexity index is 608. The number of nitrogens with zero attached hydrogens (tertiary/aromatic N) is 3. The molecule has 0 bridgehead atoms. The number of hydrogen-bond acceptors (Lipinski definition) is 5. The predicted octanol–water partition coefficient (Wildman–Crippen LogP) is 0.737. The molecule has 0 saturated carbocycles. The molecular formula is C11H9N3O4. The topological polar surface area (TPSA) is 86.5 Å². The molecule has 0 radical (unpaired) electrons. The van der Waals surface area contributed by atoms with Crippen LogP contribution in [0.5, 0.6) is 11.5 Å². The fourth-order valence-corrected chi connectivity index (χ4v) is 1.66. The van der Waals surface area contributed by atoms with Crippen molar-refractivity contribution in [3.05, 3.63) is 30.1 Å². The van der Waals surface area contributed by atoms with Gasteiger partial charge in [0.05, 0.1) is 11.9 Å². The van der Waals surface area contributed by atoms with E-state index < -0.39 is 5.97 Å². The maximum Gasteiger partial charge on any atom is 0.358 e. The van der Waals surface area contributed by atoms with Gasteiger partial charge >= 0.3 is 5.97 Å². The van der Waals surface area contributed by atoms with Crippen molar-refractivity contribution in [1.29, 1.82) is 0 Å². The largest absolute Gasteiger partial charge is 0.486 e. The molecule has 3 rings (SSSR count). The third kappa shape index (κ3) is 1.75. The third-order valence-electron chi connectivity index (χ3n) is 2.50. The van der Waals surface area contributed by atoms with E-state index >= 15 is 0 Å². The molecule has 7 nitrogen and oxygen atoms in total. The van der Waals surface area contributed by atoms with E-state index in [2.05, 4.69) is 10.3 Å². The first-order chi connectivity index (χ1) is 8.74. The number of carboxylic acid groups (broad SMARTS) is 1. The molecule has 1 aromatic carbocycles. The minimum Gasteiger partial charge on any atom is -0.486 e. The predicted molar refractivity (Wildman–Crippen MR) is 59.3 cm³/mol. The van der Waals surface area contributed by atoms with Gasteiger partial charge in [0, 0.05) is 6.07 Å². The summed E-state index contributed by atoms with van der Waals surface area (Å²) in [7, 11) is 0. The van der Waals surface area contributed by atoms with Crippen molar-refractivity contribution in [2.75, 3.05) is 13.2 Å². The highest BCUT2D eigenvalue weighted by Gasteiger charge is 2.14. The van der Waals surface area contributed by atoms with Crippen LogP contribution in [0.4, 0.5) is 0 Å². The van der Waals surface area contributed by atoms with Gasteiger partial charge in [-0.25, -0.2) is 9.48 Å². The van der Waals surface area contributed by atoms with Crippen LogP contribution in [-0.2, 0) is 0 Å². The summed E-state index contributed by atoms with van der Waals surface area (Å²) in [6, 6.07) is 5.24. The van der Waals surface area contributed by atoms with Crippen LogP contribution < -0.4 is 9.47 Å². The minimum atomic E-state index is -1.11. The summed E-state index contributed by atoms with van der Waals surface area (Å²) in [5, 5.41) is 16.1. The van der Waals surface area contributed by atoms with Gasteiger partial charge in [-0.05, 0) is 12.1 Å². The van der Waals surface area contributed by atoms with E-state index in [1.54, 1.807) is 18.2 Å². The van der Waals surface area contributed by atoms with Crippen molar-refractivity contribution in [1.82, 2.24) is 15.0 Å². The fourth-order valence-electron chi connectivity index (χ4n) is 1.66. The molecule has 2 aromatic rings. The smallest absolute Gasteiger partial charge is 0.358 e. The maximum absolute atomic E-state index is 10.7. The van der Waals surface area contributed by atoms with Crippen molar-refractivity contribution in [2.24, 2.45) is 0 Å². The van der Waals surface area contributed by atoms with Crippen LogP contribution in [0, 0.1) is 0 Å². The number of carboxylic acids is 1. The first-order valence-electron chi connectivity index (χ1n) is 5.30. The third-order valence-corrected chi connectivity index (χ3v) is 2.50. The second kappa shape index (κ2) is 4.02. The standard InChI is InChI=1S/C11H9N3O4/c15-11(16)8-6-14(13-12-8)7-1-2-9-10(5-7)18-4-3-17-9/h1-2,5-6H,3-4H2,(H,15,16). The van der Waals surface area contributed by atoms with E-state index in [4.69, 9.17) is 14.6 Å². The number of ether oxygens (including phenoxy) is 2. The lowest BCUT2D eigenvalue weighted by molar-refractivity contribution is 0.0690. The number of carbonyl (C=O) groups is 1. The zero-order chi connectivity index (χ0) is 12.5. The van der Waals surface area contributed by atoms with E-state index in [-0.39, 0.29) is 5.69 Å². The normalized spacial score (nSPS) is 13.3. The minimum absolute atomic E-state index is 0.107. The van der Waals surface area contributed by atoms with E-state index in [0.29, 0.717) is 30.4 Å². The first-order valence-corrected chi connectivity index (χ1v) is 5.30. The molecule has 2 heterocycles. The average molecular weight is 247 g/mol. The lowest BCUT2D eigenvalue weighted by Gasteiger charge is -2.18. The number of fused-ring (bicyclic) bond motifs is 1. The van der Waals surface area contributed by atoms with Gasteiger partial charge in [-0.3, -0.25) is 0 Å². The van der Waals surface area contributed by atoms with Gasteiger partial charge in [0.15, 0.2) is 17.2 Å². The molecule has 1 aromatic heterocycles. The molecular weight excluding hydrogens is 238 g/mol. The molecule has 0 amide bonds. The van der Waals surface area contributed by atoms with Gasteiger partial charge in [0.1, 0.15) is 13.2 Å². The Morgan fingerprint density at radius 1 is 1.28 bits per heavy atom. The quantitative estimate of drug-likeness (QED) is 0.842. The summed E-state index contributed by atoms with van der Waals surface area (Å²) in [6.45, 7) is 1.02. The van der Waals surface area contributed by atoms with E-state index in [0.717, 1.165) is 0 Å². The molecule has 1 aliphatic rings. The maximum atomic E-state index is 10.7. The van der Waals surface area contributed by atoms with E-state index in [9.17, 15) is 4.79 Å². The molecule has 0 aliphatic carbocycles. The number of benzene rings is 1. The van der Waals surface area contributed by atoms with Crippen LogP contribution in [0.1, 0.15) is 10.5 Å². The lowest BCUT2D eigenvalue weighted by Crippen LogP contribution is -2.15. The van der Waals surface area contributed by atoms with Crippen molar-refractivity contribution in [3.8, 4) is 17.2 Å². The molecule has 0 unspecified atom stereocenters. The SMILES string of the molecule is O=C(O)c1cn(-c2ccc3c(c2)OCCO3)nn1. The van der Waals surface area contributed by atoms with Crippen LogP contribution in [0.15, 0.2) is 24.4 Å². The Hall–Kier alpha value is -2.57. The number of rotatable bonds is 2. The van der Waals surface area contributed by atoms with Crippen LogP contribution in [-0.4, -0.2) is 39.3 Å². The van der Waals surface area contributed by atoms with Gasteiger partial charge in [0.2, 0.25) is 0 Å². The Balaban J connectivity index is 1.98. The average Bonchev–Trinajstić information content (AvgIpc) is 2.88. The van der Waals surface area contributed by atoms with Crippen LogP contribution in [0.25, 0.3) is 5.69 Å². The highest BCUT2D eigenvalue weighted by molar-refractivity contribution is 5.84. The second-order valence-corrected chi connectivity index (χ2v) is 3.68. The Morgan fingerprint density at radius 3 is 2.78 bits per heavy atom. The molecule has 0 spiro atoms. The monoisotopic (exact) mass is 247 g/mol. The Labute approximate surface area is 102 Å². The summed E-state index contributed by atoms with van der Waals surface area (Å²) >= 11 is 0. The first kappa shape index (κ1) is 10.6. The summed E-state index contributed by atoms with van der Waals surface area (Å²) in [6.07, 6.45) is 1.34. The number of hydrogen-bond donors (Lipinski definition) is 1. The lowest BCUT2D eigenvalue weighted by atomic mass is 10.2. The van der Waals surface area contributed by atoms with Gasteiger partial charge in [-0.15, -0.1) is 5.10 Å². The summed E-state index contributed by atoms with van der Waals surface area (Å²) in [5.74, 6) is 0.175. The molecule has 18 heavy (non-hydrogen) atoms. The Morgan fingerprint density at radius 2 is 2.06 bits per heavy atom. The van der Waals surface area contributed by atoms with Crippen LogP contribution in [0.2, 0.25) is 0 Å². The summed E-state index contributed by atoms with van der Waals surface area (Å²) in [4.78, 5) is 10.7.